The Hall–Kier alpha value is -2.63. The van der Waals surface area contributed by atoms with E-state index in [9.17, 15) is 4.79 Å². The van der Waals surface area contributed by atoms with E-state index in [0.29, 0.717) is 19.6 Å². The second kappa shape index (κ2) is 9.35. The highest BCUT2D eigenvalue weighted by molar-refractivity contribution is 6.34. The fourth-order valence-electron chi connectivity index (χ4n) is 2.40. The van der Waals surface area contributed by atoms with Crippen LogP contribution in [0.5, 0.6) is 5.75 Å². The van der Waals surface area contributed by atoms with Gasteiger partial charge in [0.1, 0.15) is 17.5 Å². The molecule has 3 rings (SSSR count). The highest BCUT2D eigenvalue weighted by atomic mass is 35.5. The number of hydrogen-bond donors (Lipinski definition) is 1. The SMILES string of the molecule is O=C(NCCc1ccc(OCc2ccccc2)cc1)c1cnc(Cl)nc1Cl. The Morgan fingerprint density at radius 1 is 1.00 bits per heavy atom. The topological polar surface area (TPSA) is 64.1 Å². The smallest absolute Gasteiger partial charge is 0.256 e. The second-order valence-electron chi connectivity index (χ2n) is 5.77. The van der Waals surface area contributed by atoms with Crippen molar-refractivity contribution < 1.29 is 9.53 Å². The summed E-state index contributed by atoms with van der Waals surface area (Å²) < 4.78 is 5.76. The van der Waals surface area contributed by atoms with Gasteiger partial charge in [-0.1, -0.05) is 54.1 Å². The van der Waals surface area contributed by atoms with Crippen molar-refractivity contribution in [1.29, 1.82) is 0 Å². The van der Waals surface area contributed by atoms with Gasteiger partial charge < -0.3 is 10.1 Å². The fraction of sp³-hybridized carbons (Fsp3) is 0.150. The van der Waals surface area contributed by atoms with Gasteiger partial charge in [0.05, 0.1) is 5.56 Å². The van der Waals surface area contributed by atoms with Crippen LogP contribution in [0, 0.1) is 0 Å². The van der Waals surface area contributed by atoms with Gasteiger partial charge in [-0.25, -0.2) is 9.97 Å². The molecular weight excluding hydrogens is 385 g/mol. The monoisotopic (exact) mass is 401 g/mol. The molecule has 0 saturated carbocycles. The number of amides is 1. The summed E-state index contributed by atoms with van der Waals surface area (Å²) in [6, 6.07) is 17.8. The van der Waals surface area contributed by atoms with Crippen LogP contribution in [-0.2, 0) is 13.0 Å². The molecule has 0 radical (unpaired) electrons. The van der Waals surface area contributed by atoms with Crippen LogP contribution in [0.4, 0.5) is 0 Å². The average Bonchev–Trinajstić information content (AvgIpc) is 2.68. The van der Waals surface area contributed by atoms with Crippen LogP contribution in [0.25, 0.3) is 0 Å². The minimum absolute atomic E-state index is 0.00567. The summed E-state index contributed by atoms with van der Waals surface area (Å²) in [4.78, 5) is 19.6. The molecule has 2 aromatic carbocycles. The highest BCUT2D eigenvalue weighted by Gasteiger charge is 2.12. The minimum atomic E-state index is -0.334. The van der Waals surface area contributed by atoms with Crippen LogP contribution in [0.3, 0.4) is 0 Å². The Labute approximate surface area is 167 Å². The number of rotatable bonds is 7. The van der Waals surface area contributed by atoms with Crippen molar-refractivity contribution in [2.45, 2.75) is 13.0 Å². The van der Waals surface area contributed by atoms with Crippen molar-refractivity contribution in [3.63, 3.8) is 0 Å². The van der Waals surface area contributed by atoms with E-state index in [4.69, 9.17) is 27.9 Å². The zero-order chi connectivity index (χ0) is 19.1. The Morgan fingerprint density at radius 2 is 1.74 bits per heavy atom. The zero-order valence-electron chi connectivity index (χ0n) is 14.4. The first-order valence-corrected chi connectivity index (χ1v) is 9.09. The van der Waals surface area contributed by atoms with E-state index in [-0.39, 0.29) is 21.9 Å². The summed E-state index contributed by atoms with van der Waals surface area (Å²) in [5.74, 6) is 0.469. The Bertz CT molecular complexity index is 903. The van der Waals surface area contributed by atoms with E-state index in [2.05, 4.69) is 15.3 Å². The maximum Gasteiger partial charge on any atom is 0.256 e. The number of nitrogens with zero attached hydrogens (tertiary/aromatic N) is 2. The van der Waals surface area contributed by atoms with Gasteiger partial charge in [-0.2, -0.15) is 0 Å². The summed E-state index contributed by atoms with van der Waals surface area (Å²) in [7, 11) is 0. The number of aromatic nitrogens is 2. The molecule has 0 bridgehead atoms. The minimum Gasteiger partial charge on any atom is -0.489 e. The molecule has 0 aliphatic rings. The van der Waals surface area contributed by atoms with Crippen molar-refractivity contribution in [3.05, 3.63) is 87.9 Å². The van der Waals surface area contributed by atoms with Gasteiger partial charge in [0.25, 0.3) is 5.91 Å². The van der Waals surface area contributed by atoms with Crippen LogP contribution in [0.1, 0.15) is 21.5 Å². The zero-order valence-corrected chi connectivity index (χ0v) is 15.9. The van der Waals surface area contributed by atoms with Crippen molar-refractivity contribution >= 4 is 29.1 Å². The molecular formula is C20H17Cl2N3O2. The maximum atomic E-state index is 12.1. The summed E-state index contributed by atoms with van der Waals surface area (Å²) >= 11 is 11.5. The predicted octanol–water partition coefficient (Wildman–Crippen LogP) is 4.33. The molecule has 7 heteroatoms. The van der Waals surface area contributed by atoms with Gasteiger partial charge in [-0.3, -0.25) is 4.79 Å². The number of halogens is 2. The number of benzene rings is 2. The lowest BCUT2D eigenvalue weighted by Crippen LogP contribution is -2.26. The average molecular weight is 402 g/mol. The van der Waals surface area contributed by atoms with Crippen molar-refractivity contribution in [1.82, 2.24) is 15.3 Å². The van der Waals surface area contributed by atoms with Crippen molar-refractivity contribution in [3.8, 4) is 5.75 Å². The Morgan fingerprint density at radius 3 is 2.44 bits per heavy atom. The predicted molar refractivity (Wildman–Crippen MR) is 105 cm³/mol. The van der Waals surface area contributed by atoms with E-state index >= 15 is 0 Å². The lowest BCUT2D eigenvalue weighted by molar-refractivity contribution is 0.0953. The number of hydrogen-bond acceptors (Lipinski definition) is 4. The van der Waals surface area contributed by atoms with Gasteiger partial charge in [-0.15, -0.1) is 0 Å². The number of nitrogens with one attached hydrogen (secondary N) is 1. The second-order valence-corrected chi connectivity index (χ2v) is 6.46. The third kappa shape index (κ3) is 5.67. The first-order valence-electron chi connectivity index (χ1n) is 8.34. The molecule has 0 atom stereocenters. The molecule has 1 heterocycles. The molecule has 1 N–H and O–H groups in total. The first kappa shape index (κ1) is 19.1. The standard InChI is InChI=1S/C20H17Cl2N3O2/c21-18-17(12-24-20(22)25-18)19(26)23-11-10-14-6-8-16(9-7-14)27-13-15-4-2-1-3-5-15/h1-9,12H,10-11,13H2,(H,23,26). The maximum absolute atomic E-state index is 12.1. The normalized spacial score (nSPS) is 10.4. The third-order valence-corrected chi connectivity index (χ3v) is 4.30. The molecule has 0 fully saturated rings. The molecule has 0 unspecified atom stereocenters. The summed E-state index contributed by atoms with van der Waals surface area (Å²) in [5.41, 5.74) is 2.40. The van der Waals surface area contributed by atoms with Crippen LogP contribution in [-0.4, -0.2) is 22.4 Å². The van der Waals surface area contributed by atoms with Gasteiger partial charge in [-0.05, 0) is 41.3 Å². The van der Waals surface area contributed by atoms with Crippen LogP contribution >= 0.6 is 23.2 Å². The molecule has 5 nitrogen and oxygen atoms in total. The molecule has 3 aromatic rings. The third-order valence-electron chi connectivity index (χ3n) is 3.83. The molecule has 1 amide bonds. The molecule has 0 aliphatic heterocycles. The fourth-order valence-corrected chi connectivity index (χ4v) is 2.79. The lowest BCUT2D eigenvalue weighted by atomic mass is 10.1. The molecule has 27 heavy (non-hydrogen) atoms. The lowest BCUT2D eigenvalue weighted by Gasteiger charge is -2.08. The number of carbonyl (C=O) groups is 1. The first-order chi connectivity index (χ1) is 13.1. The molecule has 0 spiro atoms. The van der Waals surface area contributed by atoms with Crippen molar-refractivity contribution in [2.75, 3.05) is 6.54 Å². The van der Waals surface area contributed by atoms with Gasteiger partial charge in [0.2, 0.25) is 5.28 Å². The van der Waals surface area contributed by atoms with E-state index in [1.807, 2.05) is 54.6 Å². The van der Waals surface area contributed by atoms with Crippen LogP contribution in [0.15, 0.2) is 60.8 Å². The molecule has 0 saturated heterocycles. The van der Waals surface area contributed by atoms with E-state index in [0.717, 1.165) is 16.9 Å². The summed E-state index contributed by atoms with van der Waals surface area (Å²) in [6.45, 7) is 0.988. The van der Waals surface area contributed by atoms with Crippen LogP contribution < -0.4 is 10.1 Å². The molecule has 138 valence electrons. The Kier molecular flexibility index (Phi) is 6.63. The summed E-state index contributed by atoms with van der Waals surface area (Å²) in [6.07, 6.45) is 1.99. The summed E-state index contributed by atoms with van der Waals surface area (Å²) in [5, 5.41) is 2.83. The van der Waals surface area contributed by atoms with E-state index < -0.39 is 0 Å². The molecule has 0 aliphatic carbocycles. The highest BCUT2D eigenvalue weighted by Crippen LogP contribution is 2.15. The Balaban J connectivity index is 1.46. The van der Waals surface area contributed by atoms with Gasteiger partial charge in [0, 0.05) is 12.7 Å². The van der Waals surface area contributed by atoms with Crippen LogP contribution in [0.2, 0.25) is 10.4 Å². The van der Waals surface area contributed by atoms with Crippen molar-refractivity contribution in [2.24, 2.45) is 0 Å². The van der Waals surface area contributed by atoms with Gasteiger partial charge in [0.15, 0.2) is 0 Å². The molecule has 1 aromatic heterocycles. The van der Waals surface area contributed by atoms with Gasteiger partial charge >= 0.3 is 0 Å². The number of carbonyl (C=O) groups excluding carboxylic acids is 1. The number of ether oxygens (including phenoxy) is 1. The largest absolute Gasteiger partial charge is 0.489 e. The van der Waals surface area contributed by atoms with E-state index in [1.54, 1.807) is 0 Å². The van der Waals surface area contributed by atoms with E-state index in [1.165, 1.54) is 6.20 Å². The quantitative estimate of drug-likeness (QED) is 0.472.